The summed E-state index contributed by atoms with van der Waals surface area (Å²) in [5, 5.41) is 39.1. The van der Waals surface area contributed by atoms with Gasteiger partial charge in [-0.2, -0.15) is 0 Å². The molecular weight excluding hydrogens is 508 g/mol. The number of carbonyl (C=O) groups is 2. The van der Waals surface area contributed by atoms with E-state index in [4.69, 9.17) is 18.9 Å². The van der Waals surface area contributed by atoms with E-state index in [0.717, 1.165) is 44.9 Å². The Bertz CT molecular complexity index is 708. The molecule has 0 aliphatic carbocycles. The first-order chi connectivity index (χ1) is 18.8. The van der Waals surface area contributed by atoms with Crippen LogP contribution in [0.25, 0.3) is 0 Å². The Morgan fingerprint density at radius 1 is 0.846 bits per heavy atom. The van der Waals surface area contributed by atoms with E-state index in [1.165, 1.54) is 26.2 Å². The van der Waals surface area contributed by atoms with Crippen LogP contribution in [0.5, 0.6) is 0 Å². The number of hydrogen-bond donors (Lipinski definition) is 4. The summed E-state index contributed by atoms with van der Waals surface area (Å²) in [5.74, 6) is -1.02. The molecule has 0 saturated carbocycles. The second-order valence-corrected chi connectivity index (χ2v) is 9.93. The van der Waals surface area contributed by atoms with Gasteiger partial charge in [-0.15, -0.1) is 0 Å². The molecule has 0 aromatic rings. The van der Waals surface area contributed by atoms with Crippen molar-refractivity contribution in [3.05, 3.63) is 24.3 Å². The molecule has 6 atom stereocenters. The van der Waals surface area contributed by atoms with E-state index in [9.17, 15) is 30.0 Å². The van der Waals surface area contributed by atoms with Crippen molar-refractivity contribution >= 4 is 11.9 Å². The maximum absolute atomic E-state index is 12.3. The number of aliphatic hydroxyl groups excluding tert-OH is 4. The highest BCUT2D eigenvalue weighted by atomic mass is 16.7. The van der Waals surface area contributed by atoms with Crippen LogP contribution in [0.3, 0.4) is 0 Å². The third-order valence-electron chi connectivity index (χ3n) is 6.40. The van der Waals surface area contributed by atoms with Crippen molar-refractivity contribution in [2.75, 3.05) is 19.8 Å². The van der Waals surface area contributed by atoms with Crippen LogP contribution in [0.4, 0.5) is 0 Å². The Hall–Kier alpha value is -1.82. The van der Waals surface area contributed by atoms with Gasteiger partial charge >= 0.3 is 11.9 Å². The number of rotatable bonds is 21. The first kappa shape index (κ1) is 35.2. The Kier molecular flexibility index (Phi) is 19.8. The molecule has 0 bridgehead atoms. The maximum Gasteiger partial charge on any atom is 0.306 e. The molecule has 1 fully saturated rings. The summed E-state index contributed by atoms with van der Waals surface area (Å²) in [5.41, 5.74) is 0. The van der Waals surface area contributed by atoms with Crippen LogP contribution in [0.1, 0.15) is 90.9 Å². The van der Waals surface area contributed by atoms with Gasteiger partial charge < -0.3 is 39.4 Å². The topological polar surface area (TPSA) is 152 Å². The molecule has 1 aliphatic heterocycles. The SMILES string of the molecule is CCCCC/C=C\C/C=C\CCCCCCCC(=O)OC(COC(C)=O)COC1OC(CO)C(O)C(O)C1O. The molecule has 39 heavy (non-hydrogen) atoms. The molecule has 10 heteroatoms. The average molecular weight is 559 g/mol. The second kappa shape index (κ2) is 21.9. The van der Waals surface area contributed by atoms with Gasteiger partial charge in [0.2, 0.25) is 0 Å². The van der Waals surface area contributed by atoms with Crippen LogP contribution in [-0.2, 0) is 28.5 Å². The summed E-state index contributed by atoms with van der Waals surface area (Å²) in [6, 6.07) is 0. The molecule has 0 spiro atoms. The third-order valence-corrected chi connectivity index (χ3v) is 6.40. The van der Waals surface area contributed by atoms with E-state index in [1.807, 2.05) is 0 Å². The Morgan fingerprint density at radius 3 is 2.13 bits per heavy atom. The lowest BCUT2D eigenvalue weighted by atomic mass is 9.99. The van der Waals surface area contributed by atoms with Crippen LogP contribution >= 0.6 is 0 Å². The molecule has 0 radical (unpaired) electrons. The van der Waals surface area contributed by atoms with Crippen LogP contribution in [0, 0.1) is 0 Å². The Balaban J connectivity index is 2.26. The number of hydrogen-bond acceptors (Lipinski definition) is 10. The minimum atomic E-state index is -1.59. The lowest BCUT2D eigenvalue weighted by Crippen LogP contribution is -2.59. The van der Waals surface area contributed by atoms with Gasteiger partial charge in [0.1, 0.15) is 31.0 Å². The monoisotopic (exact) mass is 558 g/mol. The predicted molar refractivity (Wildman–Crippen MR) is 146 cm³/mol. The normalized spacial score (nSPS) is 24.3. The van der Waals surface area contributed by atoms with Crippen molar-refractivity contribution in [2.24, 2.45) is 0 Å². The van der Waals surface area contributed by atoms with E-state index in [-0.39, 0.29) is 19.6 Å². The van der Waals surface area contributed by atoms with Gasteiger partial charge in [0.15, 0.2) is 12.4 Å². The Labute approximate surface area is 233 Å². The minimum absolute atomic E-state index is 0.209. The highest BCUT2D eigenvalue weighted by Gasteiger charge is 2.44. The van der Waals surface area contributed by atoms with Crippen molar-refractivity contribution in [3.63, 3.8) is 0 Å². The van der Waals surface area contributed by atoms with Crippen LogP contribution in [-0.4, -0.2) is 89.0 Å². The molecule has 226 valence electrons. The quantitative estimate of drug-likeness (QED) is 0.0939. The zero-order chi connectivity index (χ0) is 28.9. The van der Waals surface area contributed by atoms with Gasteiger partial charge in [-0.25, -0.2) is 0 Å². The van der Waals surface area contributed by atoms with Gasteiger partial charge in [-0.3, -0.25) is 9.59 Å². The van der Waals surface area contributed by atoms with Gasteiger partial charge in [-0.1, -0.05) is 63.3 Å². The van der Waals surface area contributed by atoms with Crippen molar-refractivity contribution in [3.8, 4) is 0 Å². The maximum atomic E-state index is 12.3. The minimum Gasteiger partial charge on any atom is -0.462 e. The van der Waals surface area contributed by atoms with Crippen molar-refractivity contribution in [1.29, 1.82) is 0 Å². The molecule has 1 aliphatic rings. The van der Waals surface area contributed by atoms with E-state index >= 15 is 0 Å². The summed E-state index contributed by atoms with van der Waals surface area (Å²) < 4.78 is 21.1. The zero-order valence-electron chi connectivity index (χ0n) is 23.6. The highest BCUT2D eigenvalue weighted by Crippen LogP contribution is 2.22. The molecule has 0 amide bonds. The Morgan fingerprint density at radius 2 is 1.49 bits per heavy atom. The third kappa shape index (κ3) is 16.1. The largest absolute Gasteiger partial charge is 0.462 e. The van der Waals surface area contributed by atoms with E-state index in [2.05, 4.69) is 31.2 Å². The molecule has 6 unspecified atom stereocenters. The zero-order valence-corrected chi connectivity index (χ0v) is 23.6. The molecular formula is C29H50O10. The molecule has 4 N–H and O–H groups in total. The smallest absolute Gasteiger partial charge is 0.306 e. The standard InChI is InChI=1S/C29H50O10/c1-3-4-5-6-7-8-9-10-11-12-13-14-15-16-17-18-25(32)38-23(20-36-22(2)31)21-37-29-28(35)27(34)26(33)24(19-30)39-29/h7-8,10-11,23-24,26-30,33-35H,3-6,9,12-21H2,1-2H3/b8-7-,11-10-. The van der Waals surface area contributed by atoms with Crippen molar-refractivity contribution < 1.29 is 49.0 Å². The molecule has 0 aromatic heterocycles. The van der Waals surface area contributed by atoms with Crippen LogP contribution in [0.2, 0.25) is 0 Å². The van der Waals surface area contributed by atoms with E-state index in [0.29, 0.717) is 6.42 Å². The summed E-state index contributed by atoms with van der Waals surface area (Å²) in [6.07, 6.45) is 12.8. The summed E-state index contributed by atoms with van der Waals surface area (Å²) in [6.45, 7) is 2.30. The first-order valence-electron chi connectivity index (χ1n) is 14.3. The summed E-state index contributed by atoms with van der Waals surface area (Å²) >= 11 is 0. The molecule has 1 rings (SSSR count). The fourth-order valence-electron chi connectivity index (χ4n) is 4.06. The lowest BCUT2D eigenvalue weighted by Gasteiger charge is -2.39. The van der Waals surface area contributed by atoms with E-state index in [1.54, 1.807) is 0 Å². The molecule has 10 nitrogen and oxygen atoms in total. The van der Waals surface area contributed by atoms with Gasteiger partial charge in [0, 0.05) is 13.3 Å². The predicted octanol–water partition coefficient (Wildman–Crippen LogP) is 3.09. The number of allylic oxidation sites excluding steroid dienone is 4. The molecule has 0 aromatic carbocycles. The van der Waals surface area contributed by atoms with Crippen molar-refractivity contribution in [1.82, 2.24) is 0 Å². The van der Waals surface area contributed by atoms with Crippen LogP contribution in [0.15, 0.2) is 24.3 Å². The average Bonchev–Trinajstić information content (AvgIpc) is 2.91. The molecule has 1 saturated heterocycles. The number of aliphatic hydroxyl groups is 4. The molecule has 1 heterocycles. The first-order valence-corrected chi connectivity index (χ1v) is 14.3. The second-order valence-electron chi connectivity index (χ2n) is 9.93. The number of unbranched alkanes of at least 4 members (excludes halogenated alkanes) is 8. The highest BCUT2D eigenvalue weighted by molar-refractivity contribution is 5.69. The van der Waals surface area contributed by atoms with Gasteiger partial charge in [-0.05, 0) is 38.5 Å². The van der Waals surface area contributed by atoms with Crippen LogP contribution < -0.4 is 0 Å². The summed E-state index contributed by atoms with van der Waals surface area (Å²) in [7, 11) is 0. The fraction of sp³-hybridized carbons (Fsp3) is 0.793. The number of ether oxygens (including phenoxy) is 4. The van der Waals surface area contributed by atoms with Gasteiger partial charge in [0.25, 0.3) is 0 Å². The number of carbonyl (C=O) groups excluding carboxylic acids is 2. The van der Waals surface area contributed by atoms with Crippen molar-refractivity contribution in [2.45, 2.75) is 128 Å². The van der Waals surface area contributed by atoms with E-state index < -0.39 is 55.4 Å². The number of esters is 2. The summed E-state index contributed by atoms with van der Waals surface area (Å²) in [4.78, 5) is 23.5. The van der Waals surface area contributed by atoms with Gasteiger partial charge in [0.05, 0.1) is 13.2 Å². The lowest BCUT2D eigenvalue weighted by molar-refractivity contribution is -0.305. The fourth-order valence-corrected chi connectivity index (χ4v) is 4.06.